The first-order valence-electron chi connectivity index (χ1n) is 15.2. The van der Waals surface area contributed by atoms with Crippen molar-refractivity contribution in [3.8, 4) is 11.1 Å². The monoisotopic (exact) mass is 609 g/mol. The van der Waals surface area contributed by atoms with Crippen molar-refractivity contribution in [1.29, 1.82) is 0 Å². The molecule has 3 rings (SSSR count). The van der Waals surface area contributed by atoms with Crippen molar-refractivity contribution in [3.63, 3.8) is 0 Å². The van der Waals surface area contributed by atoms with Gasteiger partial charge >= 0.3 is 12.1 Å². The molecule has 10 nitrogen and oxygen atoms in total. The smallest absolute Gasteiger partial charge is 0.408 e. The molecule has 0 aromatic heterocycles. The molecular weight excluding hydrogens is 562 g/mol. The molecule has 0 heterocycles. The highest BCUT2D eigenvalue weighted by atomic mass is 16.5. The zero-order valence-corrected chi connectivity index (χ0v) is 27.0. The first-order chi connectivity index (χ1) is 20.7. The highest BCUT2D eigenvalue weighted by Crippen LogP contribution is 2.44. The van der Waals surface area contributed by atoms with Crippen LogP contribution in [0.1, 0.15) is 71.4 Å². The highest BCUT2D eigenvalue weighted by molar-refractivity contribution is 5.93. The first-order valence-corrected chi connectivity index (χ1v) is 15.2. The van der Waals surface area contributed by atoms with E-state index in [2.05, 4.69) is 22.8 Å². The van der Waals surface area contributed by atoms with Crippen molar-refractivity contribution < 1.29 is 33.8 Å². The van der Waals surface area contributed by atoms with Gasteiger partial charge in [0.1, 0.15) is 18.2 Å². The lowest BCUT2D eigenvalue weighted by Crippen LogP contribution is -2.62. The van der Waals surface area contributed by atoms with Crippen LogP contribution in [0, 0.1) is 11.8 Å². The molecule has 2 aromatic rings. The molecule has 240 valence electrons. The molecule has 1 aliphatic carbocycles. The van der Waals surface area contributed by atoms with Gasteiger partial charge in [0.25, 0.3) is 0 Å². The predicted octanol–water partition coefficient (Wildman–Crippen LogP) is 4.81. The summed E-state index contributed by atoms with van der Waals surface area (Å²) in [6.45, 7) is 10.7. The lowest BCUT2D eigenvalue weighted by atomic mass is 9.90. The van der Waals surface area contributed by atoms with Crippen molar-refractivity contribution in [2.24, 2.45) is 11.8 Å². The molecule has 0 saturated carbocycles. The average Bonchev–Trinajstić information content (AvgIpc) is 3.30. The Morgan fingerprint density at radius 3 is 2.00 bits per heavy atom. The van der Waals surface area contributed by atoms with E-state index in [9.17, 15) is 24.3 Å². The number of fused-ring (bicyclic) bond motifs is 3. The highest BCUT2D eigenvalue weighted by Gasteiger charge is 2.40. The van der Waals surface area contributed by atoms with Gasteiger partial charge < -0.3 is 30.1 Å². The number of hydrogen-bond acceptors (Lipinski definition) is 6. The van der Waals surface area contributed by atoms with Gasteiger partial charge in [-0.1, -0.05) is 82.6 Å². The van der Waals surface area contributed by atoms with Crippen LogP contribution in [0.25, 0.3) is 11.1 Å². The molecule has 0 aliphatic heterocycles. The molecule has 3 N–H and O–H groups in total. The number of nitrogens with zero attached hydrogens (tertiary/aromatic N) is 1. The summed E-state index contributed by atoms with van der Waals surface area (Å²) in [6.07, 6.45) is -1.05. The van der Waals surface area contributed by atoms with E-state index in [0.29, 0.717) is 6.42 Å². The number of alkyl carbamates (subject to hydrolysis) is 1. The van der Waals surface area contributed by atoms with Crippen LogP contribution in [0.5, 0.6) is 0 Å². The van der Waals surface area contributed by atoms with Crippen LogP contribution >= 0.6 is 0 Å². The summed E-state index contributed by atoms with van der Waals surface area (Å²) in [6, 6.07) is 14.6. The predicted molar refractivity (Wildman–Crippen MR) is 168 cm³/mol. The molecule has 0 spiro atoms. The normalized spacial score (nSPS) is 15.4. The first kappa shape index (κ1) is 34.6. The Labute approximate surface area is 260 Å². The minimum Gasteiger partial charge on any atom is -0.481 e. The fourth-order valence-electron chi connectivity index (χ4n) is 5.90. The summed E-state index contributed by atoms with van der Waals surface area (Å²) in [5, 5.41) is 14.9. The number of carboxylic acids is 1. The number of amides is 3. The van der Waals surface area contributed by atoms with E-state index in [1.807, 2.05) is 64.1 Å². The molecule has 0 fully saturated rings. The minimum atomic E-state index is -1.40. The summed E-state index contributed by atoms with van der Waals surface area (Å²) in [5.41, 5.74) is 2.98. The molecule has 3 amide bonds. The number of likely N-dealkylation sites (N-methyl/N-ethyl adjacent to an activating group) is 1. The number of carbonyl (C=O) groups excluding carboxylic acids is 3. The molecule has 1 aliphatic rings. The Kier molecular flexibility index (Phi) is 11.6. The van der Waals surface area contributed by atoms with E-state index in [1.54, 1.807) is 20.9 Å². The standard InChI is InChI=1S/C34H47N3O7/c1-9-21(4)30(27(43-8)18-28(38)39)37(7)31(40)29(20(2)3)35-32(41)34(5,6)36-33(42)44-19-26-24-16-12-10-14-22(24)23-15-11-13-17-25(23)26/h10-17,20-21,26-27,29-30H,9,18-19H2,1-8H3,(H,35,41)(H,36,42)(H,38,39)/t21-,27+,29-,30?/m0/s1. The minimum absolute atomic E-state index is 0.0663. The zero-order chi connectivity index (χ0) is 32.8. The summed E-state index contributed by atoms with van der Waals surface area (Å²) in [5.74, 6) is -2.44. The molecule has 0 radical (unpaired) electrons. The van der Waals surface area contributed by atoms with Gasteiger partial charge in [-0.2, -0.15) is 0 Å². The van der Waals surface area contributed by atoms with E-state index >= 15 is 0 Å². The molecule has 0 bridgehead atoms. The van der Waals surface area contributed by atoms with Gasteiger partial charge in [-0.05, 0) is 47.9 Å². The summed E-state index contributed by atoms with van der Waals surface area (Å²) < 4.78 is 11.1. The number of aliphatic carboxylic acids is 1. The van der Waals surface area contributed by atoms with Crippen LogP contribution in [-0.4, -0.2) is 78.4 Å². The zero-order valence-electron chi connectivity index (χ0n) is 27.0. The quantitative estimate of drug-likeness (QED) is 0.280. The number of carboxylic acid groups (broad SMARTS) is 1. The number of rotatable bonds is 14. The Morgan fingerprint density at radius 2 is 1.52 bits per heavy atom. The van der Waals surface area contributed by atoms with Crippen LogP contribution in [0.15, 0.2) is 48.5 Å². The maximum Gasteiger partial charge on any atom is 0.408 e. The lowest BCUT2D eigenvalue weighted by molar-refractivity contribution is -0.148. The second-order valence-electron chi connectivity index (χ2n) is 12.5. The summed E-state index contributed by atoms with van der Waals surface area (Å²) in [4.78, 5) is 53.2. The molecule has 0 saturated heterocycles. The number of carbonyl (C=O) groups is 4. The van der Waals surface area contributed by atoms with Crippen molar-refractivity contribution in [2.75, 3.05) is 20.8 Å². The Morgan fingerprint density at radius 1 is 0.977 bits per heavy atom. The van der Waals surface area contributed by atoms with Crippen molar-refractivity contribution in [3.05, 3.63) is 59.7 Å². The van der Waals surface area contributed by atoms with E-state index in [1.165, 1.54) is 12.0 Å². The third-order valence-corrected chi connectivity index (χ3v) is 8.63. The number of nitrogens with one attached hydrogen (secondary N) is 2. The maximum atomic E-state index is 13.8. The number of ether oxygens (including phenoxy) is 2. The molecule has 1 unspecified atom stereocenters. The van der Waals surface area contributed by atoms with E-state index in [4.69, 9.17) is 9.47 Å². The molecule has 4 atom stereocenters. The fourth-order valence-corrected chi connectivity index (χ4v) is 5.90. The van der Waals surface area contributed by atoms with Crippen LogP contribution in [-0.2, 0) is 23.9 Å². The van der Waals surface area contributed by atoms with Gasteiger partial charge in [0.2, 0.25) is 11.8 Å². The topological polar surface area (TPSA) is 134 Å². The maximum absolute atomic E-state index is 13.8. The van der Waals surface area contributed by atoms with Crippen LogP contribution in [0.2, 0.25) is 0 Å². The third-order valence-electron chi connectivity index (χ3n) is 8.63. The number of hydrogen-bond donors (Lipinski definition) is 3. The number of methoxy groups -OCH3 is 1. The second kappa shape index (κ2) is 14.7. The Balaban J connectivity index is 1.69. The molecule has 2 aromatic carbocycles. The molecule has 10 heteroatoms. The summed E-state index contributed by atoms with van der Waals surface area (Å²) >= 11 is 0. The third kappa shape index (κ3) is 7.77. The SMILES string of the molecule is CC[C@H](C)C([C@@H](CC(=O)O)OC)N(C)C(=O)[C@@H](NC(=O)C(C)(C)NC(=O)OCC1c2ccccc2-c2ccccc21)C(C)C. The van der Waals surface area contributed by atoms with Gasteiger partial charge in [0.05, 0.1) is 18.6 Å². The van der Waals surface area contributed by atoms with Gasteiger partial charge in [-0.25, -0.2) is 4.79 Å². The van der Waals surface area contributed by atoms with Crippen molar-refractivity contribution in [2.45, 2.75) is 84.0 Å². The molecular formula is C34H47N3O7. The average molecular weight is 610 g/mol. The van der Waals surface area contributed by atoms with Gasteiger partial charge in [-0.3, -0.25) is 14.4 Å². The number of benzene rings is 2. The molecule has 44 heavy (non-hydrogen) atoms. The Hall–Kier alpha value is -3.92. The second-order valence-corrected chi connectivity index (χ2v) is 12.5. The van der Waals surface area contributed by atoms with Crippen LogP contribution in [0.3, 0.4) is 0 Å². The van der Waals surface area contributed by atoms with Crippen LogP contribution in [0.4, 0.5) is 4.79 Å². The lowest BCUT2D eigenvalue weighted by Gasteiger charge is -2.40. The van der Waals surface area contributed by atoms with E-state index in [-0.39, 0.29) is 36.7 Å². The van der Waals surface area contributed by atoms with E-state index in [0.717, 1.165) is 22.3 Å². The van der Waals surface area contributed by atoms with Gasteiger partial charge in [0, 0.05) is 20.1 Å². The largest absolute Gasteiger partial charge is 0.481 e. The fraction of sp³-hybridized carbons (Fsp3) is 0.529. The van der Waals surface area contributed by atoms with E-state index < -0.39 is 41.7 Å². The van der Waals surface area contributed by atoms with Gasteiger partial charge in [0.15, 0.2) is 0 Å². The Bertz CT molecular complexity index is 1300. The van der Waals surface area contributed by atoms with Gasteiger partial charge in [-0.15, -0.1) is 0 Å². The summed E-state index contributed by atoms with van der Waals surface area (Å²) in [7, 11) is 3.04. The van der Waals surface area contributed by atoms with Crippen molar-refractivity contribution in [1.82, 2.24) is 15.5 Å². The van der Waals surface area contributed by atoms with Crippen molar-refractivity contribution >= 4 is 23.9 Å². The van der Waals surface area contributed by atoms with Crippen LogP contribution < -0.4 is 10.6 Å².